The zero-order chi connectivity index (χ0) is 41.7. The van der Waals surface area contributed by atoms with Gasteiger partial charge in [-0.1, -0.05) is 218 Å². The number of anilines is 3. The molecular formula is C62H41N. The van der Waals surface area contributed by atoms with Gasteiger partial charge in [-0.2, -0.15) is 0 Å². The van der Waals surface area contributed by atoms with Crippen LogP contribution in [0, 0.1) is 0 Å². The topological polar surface area (TPSA) is 3.24 Å². The molecule has 0 bridgehead atoms. The van der Waals surface area contributed by atoms with Gasteiger partial charge in [0, 0.05) is 16.5 Å². The first-order chi connectivity index (χ1) is 31.3. The summed E-state index contributed by atoms with van der Waals surface area (Å²) in [5.74, 6) is 0. The van der Waals surface area contributed by atoms with E-state index in [1.165, 1.54) is 92.8 Å². The molecule has 63 heavy (non-hydrogen) atoms. The lowest BCUT2D eigenvalue weighted by Gasteiger charge is -2.29. The molecule has 1 heteroatoms. The maximum Gasteiger partial charge on any atom is 0.0546 e. The fraction of sp³-hybridized carbons (Fsp3) is 0. The van der Waals surface area contributed by atoms with Crippen molar-refractivity contribution in [3.63, 3.8) is 0 Å². The molecule has 1 nitrogen and oxygen atoms in total. The molecule has 0 fully saturated rings. The van der Waals surface area contributed by atoms with Gasteiger partial charge in [-0.15, -0.1) is 0 Å². The van der Waals surface area contributed by atoms with Crippen molar-refractivity contribution < 1.29 is 0 Å². The molecule has 0 amide bonds. The normalized spacial score (nSPS) is 11.5. The molecule has 0 aliphatic heterocycles. The minimum Gasteiger partial charge on any atom is -0.309 e. The molecule has 0 unspecified atom stereocenters. The Kier molecular flexibility index (Phi) is 8.90. The molecule has 0 atom stereocenters. The van der Waals surface area contributed by atoms with Crippen molar-refractivity contribution in [1.29, 1.82) is 0 Å². The lowest BCUT2D eigenvalue weighted by atomic mass is 9.84. The lowest BCUT2D eigenvalue weighted by molar-refractivity contribution is 1.32. The molecule has 12 aromatic rings. The van der Waals surface area contributed by atoms with Crippen LogP contribution in [0.3, 0.4) is 0 Å². The summed E-state index contributed by atoms with van der Waals surface area (Å²) in [6.45, 7) is 0. The van der Waals surface area contributed by atoms with Crippen molar-refractivity contribution in [1.82, 2.24) is 0 Å². The van der Waals surface area contributed by atoms with Gasteiger partial charge >= 0.3 is 0 Å². The average molecular weight is 800 g/mol. The largest absolute Gasteiger partial charge is 0.309 e. The van der Waals surface area contributed by atoms with Crippen LogP contribution in [-0.4, -0.2) is 0 Å². The highest BCUT2D eigenvalue weighted by Crippen LogP contribution is 2.48. The van der Waals surface area contributed by atoms with Crippen LogP contribution in [0.1, 0.15) is 0 Å². The quantitative estimate of drug-likeness (QED) is 0.145. The van der Waals surface area contributed by atoms with Crippen molar-refractivity contribution in [2.24, 2.45) is 0 Å². The van der Waals surface area contributed by atoms with E-state index in [0.717, 1.165) is 22.6 Å². The van der Waals surface area contributed by atoms with Gasteiger partial charge in [0.15, 0.2) is 0 Å². The second kappa shape index (κ2) is 15.3. The first kappa shape index (κ1) is 36.6. The van der Waals surface area contributed by atoms with Crippen molar-refractivity contribution in [3.8, 4) is 44.5 Å². The Morgan fingerprint density at radius 3 is 1.38 bits per heavy atom. The van der Waals surface area contributed by atoms with Crippen LogP contribution in [0.4, 0.5) is 17.1 Å². The third-order valence-electron chi connectivity index (χ3n) is 12.8. The minimum atomic E-state index is 1.09. The van der Waals surface area contributed by atoms with Crippen molar-refractivity contribution in [2.75, 3.05) is 4.90 Å². The Morgan fingerprint density at radius 1 is 0.222 bits per heavy atom. The second-order valence-corrected chi connectivity index (χ2v) is 16.4. The maximum absolute atomic E-state index is 2.49. The predicted molar refractivity (Wildman–Crippen MR) is 270 cm³/mol. The van der Waals surface area contributed by atoms with Gasteiger partial charge in [-0.3, -0.25) is 0 Å². The van der Waals surface area contributed by atoms with Crippen LogP contribution >= 0.6 is 0 Å². The first-order valence-corrected chi connectivity index (χ1v) is 21.8. The van der Waals surface area contributed by atoms with Gasteiger partial charge in [0.25, 0.3) is 0 Å². The first-order valence-electron chi connectivity index (χ1n) is 21.8. The molecule has 0 radical (unpaired) electrons. The number of nitrogens with zero attached hydrogens (tertiary/aromatic N) is 1. The summed E-state index contributed by atoms with van der Waals surface area (Å²) in [5.41, 5.74) is 13.1. The van der Waals surface area contributed by atoms with Gasteiger partial charge in [-0.25, -0.2) is 0 Å². The molecular weight excluding hydrogens is 759 g/mol. The van der Waals surface area contributed by atoms with Gasteiger partial charge in [0.2, 0.25) is 0 Å². The van der Waals surface area contributed by atoms with E-state index < -0.39 is 0 Å². The molecule has 0 saturated carbocycles. The Balaban J connectivity index is 1.12. The highest BCUT2D eigenvalue weighted by atomic mass is 15.1. The fourth-order valence-electron chi connectivity index (χ4n) is 9.98. The Morgan fingerprint density at radius 2 is 0.698 bits per heavy atom. The van der Waals surface area contributed by atoms with Crippen LogP contribution in [0.2, 0.25) is 0 Å². The molecule has 0 N–H and O–H groups in total. The Hall–Kier alpha value is -8.26. The lowest BCUT2D eigenvalue weighted by Crippen LogP contribution is -2.11. The standard InChI is InChI=1S/C62H41N/c1-4-19-42(20-5-1)50-37-38-59(55-32-15-12-30-52(50)55)63(60-41-47-25-10-11-28-49(47)51-29-13-16-33-56(51)60)48-27-18-26-45(39-48)46-35-36-54-53-31-14-17-34-57(53)61(43-21-6-2-7-22-43)62(58(54)40-46)44-23-8-3-9-24-44/h1-41H. The molecule has 294 valence electrons. The number of rotatable bonds is 7. The monoisotopic (exact) mass is 799 g/mol. The molecule has 12 rings (SSSR count). The summed E-state index contributed by atoms with van der Waals surface area (Å²) in [6.07, 6.45) is 0. The van der Waals surface area contributed by atoms with Crippen LogP contribution in [0.15, 0.2) is 249 Å². The highest BCUT2D eigenvalue weighted by molar-refractivity contribution is 6.22. The van der Waals surface area contributed by atoms with E-state index in [9.17, 15) is 0 Å². The molecule has 0 spiro atoms. The van der Waals surface area contributed by atoms with Crippen LogP contribution < -0.4 is 4.90 Å². The molecule has 0 saturated heterocycles. The van der Waals surface area contributed by atoms with Crippen LogP contribution in [0.5, 0.6) is 0 Å². The summed E-state index contributed by atoms with van der Waals surface area (Å²) < 4.78 is 0. The van der Waals surface area contributed by atoms with E-state index in [-0.39, 0.29) is 0 Å². The third kappa shape index (κ3) is 6.25. The van der Waals surface area contributed by atoms with Gasteiger partial charge < -0.3 is 4.90 Å². The van der Waals surface area contributed by atoms with Crippen LogP contribution in [-0.2, 0) is 0 Å². The smallest absolute Gasteiger partial charge is 0.0546 e. The minimum absolute atomic E-state index is 1.09. The van der Waals surface area contributed by atoms with Gasteiger partial charge in [0.05, 0.1) is 11.4 Å². The Labute approximate surface area is 367 Å². The molecule has 12 aromatic carbocycles. The maximum atomic E-state index is 2.49. The SMILES string of the molecule is c1ccc(-c2ccc(N(c3cccc(-c4ccc5c(c4)c(-c4ccccc4)c(-c4ccccc4)c4ccccc45)c3)c3cc4ccccc4c4ccccc34)c3ccccc23)cc1. The summed E-state index contributed by atoms with van der Waals surface area (Å²) in [5, 5.41) is 12.3. The molecule has 0 aliphatic carbocycles. The second-order valence-electron chi connectivity index (χ2n) is 16.4. The van der Waals surface area contributed by atoms with E-state index in [2.05, 4.69) is 254 Å². The number of hydrogen-bond donors (Lipinski definition) is 0. The highest BCUT2D eigenvalue weighted by Gasteiger charge is 2.22. The number of benzene rings is 12. The van der Waals surface area contributed by atoms with E-state index in [1.54, 1.807) is 0 Å². The van der Waals surface area contributed by atoms with E-state index >= 15 is 0 Å². The summed E-state index contributed by atoms with van der Waals surface area (Å²) in [6, 6.07) is 91.1. The average Bonchev–Trinajstić information content (AvgIpc) is 3.37. The number of fused-ring (bicyclic) bond motifs is 7. The van der Waals surface area contributed by atoms with E-state index in [1.807, 2.05) is 0 Å². The zero-order valence-electron chi connectivity index (χ0n) is 34.6. The summed E-state index contributed by atoms with van der Waals surface area (Å²) in [4.78, 5) is 2.49. The predicted octanol–water partition coefficient (Wildman–Crippen LogP) is 17.6. The summed E-state index contributed by atoms with van der Waals surface area (Å²) in [7, 11) is 0. The van der Waals surface area contributed by atoms with Crippen molar-refractivity contribution in [2.45, 2.75) is 0 Å². The van der Waals surface area contributed by atoms with Gasteiger partial charge in [0.1, 0.15) is 0 Å². The molecule has 0 aromatic heterocycles. The van der Waals surface area contributed by atoms with Gasteiger partial charge in [-0.05, 0) is 118 Å². The van der Waals surface area contributed by atoms with Crippen molar-refractivity contribution in [3.05, 3.63) is 249 Å². The van der Waals surface area contributed by atoms with Crippen LogP contribution in [0.25, 0.3) is 98.4 Å². The molecule has 0 heterocycles. The summed E-state index contributed by atoms with van der Waals surface area (Å²) >= 11 is 0. The Bertz CT molecular complexity index is 3670. The third-order valence-corrected chi connectivity index (χ3v) is 12.8. The van der Waals surface area contributed by atoms with E-state index in [4.69, 9.17) is 0 Å². The van der Waals surface area contributed by atoms with E-state index in [0.29, 0.717) is 0 Å². The van der Waals surface area contributed by atoms with Crippen molar-refractivity contribution >= 4 is 70.9 Å². The number of hydrogen-bond acceptors (Lipinski definition) is 1. The zero-order valence-corrected chi connectivity index (χ0v) is 34.6. The fourth-order valence-corrected chi connectivity index (χ4v) is 9.98. The molecule has 0 aliphatic rings.